The van der Waals surface area contributed by atoms with E-state index in [2.05, 4.69) is 32.9 Å². The lowest BCUT2D eigenvalue weighted by molar-refractivity contribution is 0.205. The zero-order chi connectivity index (χ0) is 12.3. The molecule has 1 N–H and O–H groups in total. The first kappa shape index (κ1) is 13.5. The van der Waals surface area contributed by atoms with Gasteiger partial charge < -0.3 is 5.11 Å². The zero-order valence-corrected chi connectivity index (χ0v) is 11.4. The molecule has 0 aromatic carbocycles. The summed E-state index contributed by atoms with van der Waals surface area (Å²) in [5.41, 5.74) is 2.97. The van der Waals surface area contributed by atoms with Crippen LogP contribution in [-0.4, -0.2) is 11.2 Å². The van der Waals surface area contributed by atoms with Crippen LogP contribution >= 0.6 is 0 Å². The summed E-state index contributed by atoms with van der Waals surface area (Å²) in [7, 11) is 0. The normalized spacial score (nSPS) is 26.8. The van der Waals surface area contributed by atoms with Crippen LogP contribution in [0.4, 0.5) is 0 Å². The van der Waals surface area contributed by atoms with Gasteiger partial charge in [0, 0.05) is 0 Å². The molecule has 0 amide bonds. The summed E-state index contributed by atoms with van der Waals surface area (Å²) in [6.45, 7) is 11.0. The minimum atomic E-state index is -0.251. The van der Waals surface area contributed by atoms with E-state index in [0.717, 1.165) is 18.4 Å². The summed E-state index contributed by atoms with van der Waals surface area (Å²) < 4.78 is 0. The number of rotatable bonds is 4. The quantitative estimate of drug-likeness (QED) is 0.710. The highest BCUT2D eigenvalue weighted by atomic mass is 16.3. The number of hydrogen-bond acceptors (Lipinski definition) is 1. The van der Waals surface area contributed by atoms with Gasteiger partial charge in [-0.15, -0.1) is 0 Å². The molecule has 0 aliphatic heterocycles. The van der Waals surface area contributed by atoms with Crippen LogP contribution in [0.25, 0.3) is 0 Å². The Morgan fingerprint density at radius 3 is 2.69 bits per heavy atom. The highest BCUT2D eigenvalue weighted by Gasteiger charge is 2.33. The average molecular weight is 222 g/mol. The first-order valence-electron chi connectivity index (χ1n) is 6.41. The first-order valence-corrected chi connectivity index (χ1v) is 6.41. The van der Waals surface area contributed by atoms with Crippen LogP contribution in [0.5, 0.6) is 0 Å². The maximum Gasteiger partial charge on any atom is 0.0744 e. The van der Waals surface area contributed by atoms with Crippen molar-refractivity contribution in [1.29, 1.82) is 0 Å². The van der Waals surface area contributed by atoms with Gasteiger partial charge in [0.25, 0.3) is 0 Å². The van der Waals surface area contributed by atoms with Gasteiger partial charge in [-0.05, 0) is 50.0 Å². The van der Waals surface area contributed by atoms with E-state index in [1.54, 1.807) is 0 Å². The summed E-state index contributed by atoms with van der Waals surface area (Å²) in [4.78, 5) is 0. The highest BCUT2D eigenvalue weighted by molar-refractivity contribution is 5.19. The molecular weight excluding hydrogens is 196 g/mol. The van der Waals surface area contributed by atoms with Gasteiger partial charge >= 0.3 is 0 Å². The SMILES string of the molecule is CCC(O)/C(C)=C/CC1CC=C(C)C1(C)C. The highest BCUT2D eigenvalue weighted by Crippen LogP contribution is 2.44. The molecule has 0 fully saturated rings. The lowest BCUT2D eigenvalue weighted by Crippen LogP contribution is -2.20. The van der Waals surface area contributed by atoms with E-state index < -0.39 is 0 Å². The van der Waals surface area contributed by atoms with E-state index in [1.165, 1.54) is 12.0 Å². The van der Waals surface area contributed by atoms with Crippen molar-refractivity contribution in [2.24, 2.45) is 11.3 Å². The maximum absolute atomic E-state index is 9.70. The molecule has 1 heteroatoms. The Hall–Kier alpha value is -0.560. The Morgan fingerprint density at radius 2 is 2.25 bits per heavy atom. The van der Waals surface area contributed by atoms with Crippen molar-refractivity contribution >= 4 is 0 Å². The molecule has 1 aliphatic rings. The third-order valence-electron chi connectivity index (χ3n) is 4.38. The van der Waals surface area contributed by atoms with Crippen molar-refractivity contribution in [2.45, 2.75) is 60.0 Å². The molecule has 0 spiro atoms. The molecule has 0 saturated carbocycles. The van der Waals surface area contributed by atoms with Crippen LogP contribution in [0, 0.1) is 11.3 Å². The fourth-order valence-corrected chi connectivity index (χ4v) is 2.38. The number of aliphatic hydroxyl groups excluding tert-OH is 1. The van der Waals surface area contributed by atoms with E-state index in [1.807, 2.05) is 13.8 Å². The second kappa shape index (κ2) is 5.18. The van der Waals surface area contributed by atoms with Crippen LogP contribution < -0.4 is 0 Å². The van der Waals surface area contributed by atoms with E-state index in [0.29, 0.717) is 11.3 Å². The Morgan fingerprint density at radius 1 is 1.62 bits per heavy atom. The van der Waals surface area contributed by atoms with Crippen LogP contribution in [0.1, 0.15) is 53.9 Å². The van der Waals surface area contributed by atoms with Crippen molar-refractivity contribution in [3.05, 3.63) is 23.3 Å². The zero-order valence-electron chi connectivity index (χ0n) is 11.4. The maximum atomic E-state index is 9.70. The van der Waals surface area contributed by atoms with E-state index in [-0.39, 0.29) is 6.10 Å². The van der Waals surface area contributed by atoms with Gasteiger partial charge in [-0.25, -0.2) is 0 Å². The second-order valence-corrected chi connectivity index (χ2v) is 5.65. The van der Waals surface area contributed by atoms with Gasteiger partial charge in [-0.2, -0.15) is 0 Å². The predicted octanol–water partition coefficient (Wildman–Crippen LogP) is 4.09. The van der Waals surface area contributed by atoms with Gasteiger partial charge in [0.2, 0.25) is 0 Å². The van der Waals surface area contributed by atoms with Crippen molar-refractivity contribution < 1.29 is 5.11 Å². The van der Waals surface area contributed by atoms with Crippen LogP contribution in [0.15, 0.2) is 23.3 Å². The predicted molar refractivity (Wildman–Crippen MR) is 70.3 cm³/mol. The Labute approximate surface area is 100 Å². The standard InChI is InChI=1S/C15H26O/c1-6-14(16)11(2)7-9-13-10-8-12(3)15(13,4)5/h7-8,13-14,16H,6,9-10H2,1-5H3/b11-7+. The van der Waals surface area contributed by atoms with Crippen LogP contribution in [-0.2, 0) is 0 Å². The minimum Gasteiger partial charge on any atom is -0.389 e. The molecule has 0 heterocycles. The van der Waals surface area contributed by atoms with Crippen LogP contribution in [0.3, 0.4) is 0 Å². The molecular formula is C15H26O. The molecule has 0 bridgehead atoms. The number of aliphatic hydroxyl groups is 1. The Bertz CT molecular complexity index is 297. The van der Waals surface area contributed by atoms with Crippen molar-refractivity contribution in [3.8, 4) is 0 Å². The summed E-state index contributed by atoms with van der Waals surface area (Å²) in [5, 5.41) is 9.70. The number of hydrogen-bond donors (Lipinski definition) is 1. The third-order valence-corrected chi connectivity index (χ3v) is 4.38. The second-order valence-electron chi connectivity index (χ2n) is 5.65. The molecule has 92 valence electrons. The van der Waals surface area contributed by atoms with Gasteiger partial charge in [0.05, 0.1) is 6.10 Å². The Balaban J connectivity index is 2.58. The van der Waals surface area contributed by atoms with Gasteiger partial charge in [0.1, 0.15) is 0 Å². The molecule has 0 saturated heterocycles. The van der Waals surface area contributed by atoms with Gasteiger partial charge in [-0.3, -0.25) is 0 Å². The van der Waals surface area contributed by atoms with Crippen molar-refractivity contribution in [1.82, 2.24) is 0 Å². The average Bonchev–Trinajstić information content (AvgIpc) is 2.50. The first-order chi connectivity index (χ1) is 7.39. The largest absolute Gasteiger partial charge is 0.389 e. The smallest absolute Gasteiger partial charge is 0.0744 e. The summed E-state index contributed by atoms with van der Waals surface area (Å²) in [5.74, 6) is 0.700. The number of allylic oxidation sites excluding steroid dienone is 3. The topological polar surface area (TPSA) is 20.2 Å². The van der Waals surface area contributed by atoms with Gasteiger partial charge in [-0.1, -0.05) is 38.5 Å². The summed E-state index contributed by atoms with van der Waals surface area (Å²) >= 11 is 0. The molecule has 2 atom stereocenters. The molecule has 16 heavy (non-hydrogen) atoms. The fourth-order valence-electron chi connectivity index (χ4n) is 2.38. The summed E-state index contributed by atoms with van der Waals surface area (Å²) in [6.07, 6.45) is 7.43. The lowest BCUT2D eigenvalue weighted by Gasteiger charge is -2.29. The summed E-state index contributed by atoms with van der Waals surface area (Å²) in [6, 6.07) is 0. The fraction of sp³-hybridized carbons (Fsp3) is 0.733. The lowest BCUT2D eigenvalue weighted by atomic mass is 9.76. The molecule has 1 nitrogen and oxygen atoms in total. The molecule has 1 rings (SSSR count). The van der Waals surface area contributed by atoms with E-state index in [9.17, 15) is 5.11 Å². The molecule has 0 aromatic heterocycles. The molecule has 0 radical (unpaired) electrons. The van der Waals surface area contributed by atoms with Crippen molar-refractivity contribution in [2.75, 3.05) is 0 Å². The Kier molecular flexibility index (Phi) is 4.37. The van der Waals surface area contributed by atoms with E-state index >= 15 is 0 Å². The monoisotopic (exact) mass is 222 g/mol. The van der Waals surface area contributed by atoms with Gasteiger partial charge in [0.15, 0.2) is 0 Å². The molecule has 1 aliphatic carbocycles. The van der Waals surface area contributed by atoms with Crippen LogP contribution in [0.2, 0.25) is 0 Å². The molecule has 0 aromatic rings. The minimum absolute atomic E-state index is 0.251. The van der Waals surface area contributed by atoms with E-state index in [4.69, 9.17) is 0 Å². The molecule has 2 unspecified atom stereocenters. The van der Waals surface area contributed by atoms with Crippen molar-refractivity contribution in [3.63, 3.8) is 0 Å². The third kappa shape index (κ3) is 2.76.